The van der Waals surface area contributed by atoms with Crippen LogP contribution in [-0.2, 0) is 6.42 Å². The molecule has 0 saturated carbocycles. The summed E-state index contributed by atoms with van der Waals surface area (Å²) in [6.07, 6.45) is 1.35. The predicted octanol–water partition coefficient (Wildman–Crippen LogP) is 4.16. The van der Waals surface area contributed by atoms with Gasteiger partial charge in [0.25, 0.3) is 0 Å². The summed E-state index contributed by atoms with van der Waals surface area (Å²) in [5.74, 6) is -0.571. The van der Waals surface area contributed by atoms with Crippen LogP contribution in [-0.4, -0.2) is 5.38 Å². The van der Waals surface area contributed by atoms with Crippen LogP contribution in [0.3, 0.4) is 0 Å². The normalized spacial score (nSPS) is 15.0. The quantitative estimate of drug-likeness (QED) is 0.684. The van der Waals surface area contributed by atoms with Gasteiger partial charge in [-0.15, -0.1) is 11.6 Å². The highest BCUT2D eigenvalue weighted by molar-refractivity contribution is 6.20. The van der Waals surface area contributed by atoms with Crippen molar-refractivity contribution in [1.29, 1.82) is 0 Å². The Morgan fingerprint density at radius 1 is 1.33 bits per heavy atom. The molecule has 0 aliphatic rings. The van der Waals surface area contributed by atoms with Crippen molar-refractivity contribution in [3.8, 4) is 0 Å². The Labute approximate surface area is 94.3 Å². The maximum Gasteiger partial charge on any atom is 0.126 e. The second-order valence-corrected chi connectivity index (χ2v) is 4.47. The Balaban J connectivity index is 2.82. The monoisotopic (exact) mass is 232 g/mol. The Morgan fingerprint density at radius 3 is 2.53 bits per heavy atom. The molecule has 0 aromatic heterocycles. The van der Waals surface area contributed by atoms with Crippen molar-refractivity contribution in [2.45, 2.75) is 32.1 Å². The zero-order valence-electron chi connectivity index (χ0n) is 8.93. The van der Waals surface area contributed by atoms with Crippen molar-refractivity contribution in [2.75, 3.05) is 0 Å². The van der Waals surface area contributed by atoms with E-state index in [0.717, 1.165) is 18.6 Å². The lowest BCUT2D eigenvalue weighted by Crippen LogP contribution is -2.14. The van der Waals surface area contributed by atoms with Gasteiger partial charge >= 0.3 is 0 Å². The fraction of sp³-hybridized carbons (Fsp3) is 0.500. The minimum absolute atomic E-state index is 0.0299. The fourth-order valence-corrected chi connectivity index (χ4v) is 1.88. The van der Waals surface area contributed by atoms with Crippen LogP contribution in [0.5, 0.6) is 0 Å². The fourth-order valence-electron chi connectivity index (χ4n) is 1.61. The van der Waals surface area contributed by atoms with Crippen LogP contribution in [0, 0.1) is 17.6 Å². The largest absolute Gasteiger partial charge is 0.207 e. The molecule has 0 fully saturated rings. The van der Waals surface area contributed by atoms with Crippen LogP contribution in [0.2, 0.25) is 0 Å². The highest BCUT2D eigenvalue weighted by Crippen LogP contribution is 2.22. The van der Waals surface area contributed by atoms with Crippen molar-refractivity contribution >= 4 is 11.6 Å². The molecule has 2 unspecified atom stereocenters. The average molecular weight is 233 g/mol. The summed E-state index contributed by atoms with van der Waals surface area (Å²) in [5, 5.41) is -0.0299. The van der Waals surface area contributed by atoms with Crippen molar-refractivity contribution in [3.05, 3.63) is 35.4 Å². The Bertz CT molecular complexity index is 323. The third kappa shape index (κ3) is 3.45. The lowest BCUT2D eigenvalue weighted by molar-refractivity contribution is 0.479. The molecule has 0 aliphatic carbocycles. The SMILES string of the molecule is CCC(Cc1cc(F)ccc1F)C(C)Cl. The molecule has 15 heavy (non-hydrogen) atoms. The van der Waals surface area contributed by atoms with Gasteiger partial charge < -0.3 is 0 Å². The maximum atomic E-state index is 13.3. The van der Waals surface area contributed by atoms with E-state index in [1.54, 1.807) is 0 Å². The third-order valence-corrected chi connectivity index (χ3v) is 3.02. The molecule has 0 nitrogen and oxygen atoms in total. The third-order valence-electron chi connectivity index (χ3n) is 2.66. The summed E-state index contributed by atoms with van der Waals surface area (Å²) in [7, 11) is 0. The predicted molar refractivity (Wildman–Crippen MR) is 59.2 cm³/mol. The first kappa shape index (κ1) is 12.4. The molecular formula is C12H15ClF2. The van der Waals surface area contributed by atoms with Gasteiger partial charge in [0.15, 0.2) is 0 Å². The summed E-state index contributed by atoms with van der Waals surface area (Å²) in [4.78, 5) is 0. The summed E-state index contributed by atoms with van der Waals surface area (Å²) in [5.41, 5.74) is 0.411. The van der Waals surface area contributed by atoms with Gasteiger partial charge in [-0.05, 0) is 43.0 Å². The molecule has 1 aromatic carbocycles. The highest BCUT2D eigenvalue weighted by Gasteiger charge is 2.16. The standard InChI is InChI=1S/C12H15ClF2/c1-3-9(8(2)13)6-10-7-11(14)4-5-12(10)15/h4-5,7-9H,3,6H2,1-2H3. The van der Waals surface area contributed by atoms with Gasteiger partial charge in [-0.2, -0.15) is 0 Å². The molecule has 3 heteroatoms. The van der Waals surface area contributed by atoms with E-state index in [-0.39, 0.29) is 17.1 Å². The smallest absolute Gasteiger partial charge is 0.126 e. The van der Waals surface area contributed by atoms with Crippen molar-refractivity contribution in [2.24, 2.45) is 5.92 Å². The second-order valence-electron chi connectivity index (χ2n) is 3.79. The van der Waals surface area contributed by atoms with Gasteiger partial charge in [0.2, 0.25) is 0 Å². The van der Waals surface area contributed by atoms with Crippen molar-refractivity contribution in [1.82, 2.24) is 0 Å². The van der Waals surface area contributed by atoms with E-state index in [0.29, 0.717) is 12.0 Å². The Morgan fingerprint density at radius 2 is 2.00 bits per heavy atom. The summed E-state index contributed by atoms with van der Waals surface area (Å²) >= 11 is 5.97. The molecule has 84 valence electrons. The van der Waals surface area contributed by atoms with Crippen LogP contribution >= 0.6 is 11.6 Å². The number of hydrogen-bond donors (Lipinski definition) is 0. The number of benzene rings is 1. The zero-order valence-corrected chi connectivity index (χ0v) is 9.69. The van der Waals surface area contributed by atoms with Crippen LogP contribution in [0.15, 0.2) is 18.2 Å². The molecule has 0 aliphatic heterocycles. The van der Waals surface area contributed by atoms with Crippen LogP contribution in [0.4, 0.5) is 8.78 Å². The lowest BCUT2D eigenvalue weighted by Gasteiger charge is -2.17. The van der Waals surface area contributed by atoms with E-state index in [1.165, 1.54) is 6.07 Å². The summed E-state index contributed by atoms with van der Waals surface area (Å²) < 4.78 is 26.2. The Kier molecular flexibility index (Phi) is 4.52. The van der Waals surface area contributed by atoms with E-state index >= 15 is 0 Å². The van der Waals surface area contributed by atoms with Gasteiger partial charge in [-0.25, -0.2) is 8.78 Å². The van der Waals surface area contributed by atoms with E-state index in [4.69, 9.17) is 11.6 Å². The van der Waals surface area contributed by atoms with Crippen molar-refractivity contribution < 1.29 is 8.78 Å². The van der Waals surface area contributed by atoms with E-state index in [2.05, 4.69) is 0 Å². The van der Waals surface area contributed by atoms with E-state index in [1.807, 2.05) is 13.8 Å². The van der Waals surface area contributed by atoms with Crippen LogP contribution in [0.25, 0.3) is 0 Å². The summed E-state index contributed by atoms with van der Waals surface area (Å²) in [6, 6.07) is 3.54. The zero-order chi connectivity index (χ0) is 11.4. The van der Waals surface area contributed by atoms with Gasteiger partial charge in [0.1, 0.15) is 11.6 Å². The minimum Gasteiger partial charge on any atom is -0.207 e. The number of rotatable bonds is 4. The molecular weight excluding hydrogens is 218 g/mol. The van der Waals surface area contributed by atoms with Crippen LogP contribution < -0.4 is 0 Å². The van der Waals surface area contributed by atoms with Gasteiger partial charge in [0, 0.05) is 5.38 Å². The van der Waals surface area contributed by atoms with Crippen molar-refractivity contribution in [3.63, 3.8) is 0 Å². The molecule has 2 atom stereocenters. The first-order valence-corrected chi connectivity index (χ1v) is 5.56. The first-order chi connectivity index (χ1) is 7.04. The molecule has 0 bridgehead atoms. The molecule has 0 amide bonds. The number of halogens is 3. The van der Waals surface area contributed by atoms with Gasteiger partial charge in [0.05, 0.1) is 0 Å². The Hall–Kier alpha value is -0.630. The topological polar surface area (TPSA) is 0 Å². The van der Waals surface area contributed by atoms with Gasteiger partial charge in [-0.3, -0.25) is 0 Å². The van der Waals surface area contributed by atoms with E-state index < -0.39 is 5.82 Å². The number of alkyl halides is 1. The van der Waals surface area contributed by atoms with Gasteiger partial charge in [-0.1, -0.05) is 13.3 Å². The molecule has 1 aromatic rings. The second kappa shape index (κ2) is 5.45. The van der Waals surface area contributed by atoms with Crippen LogP contribution in [0.1, 0.15) is 25.8 Å². The molecule has 0 heterocycles. The maximum absolute atomic E-state index is 13.3. The average Bonchev–Trinajstić information content (AvgIpc) is 2.18. The molecule has 0 spiro atoms. The minimum atomic E-state index is -0.400. The highest BCUT2D eigenvalue weighted by atomic mass is 35.5. The molecule has 0 N–H and O–H groups in total. The molecule has 1 rings (SSSR count). The molecule has 0 radical (unpaired) electrons. The first-order valence-electron chi connectivity index (χ1n) is 5.12. The molecule has 0 saturated heterocycles. The summed E-state index contributed by atoms with van der Waals surface area (Å²) in [6.45, 7) is 3.88. The lowest BCUT2D eigenvalue weighted by atomic mass is 9.94. The van der Waals surface area contributed by atoms with E-state index in [9.17, 15) is 8.78 Å². The number of hydrogen-bond acceptors (Lipinski definition) is 0.